The van der Waals surface area contributed by atoms with E-state index in [2.05, 4.69) is 0 Å². The SMILES string of the molecule is CCOC(=O)N1c2ccccc2CCC1O. The van der Waals surface area contributed by atoms with Gasteiger partial charge in [0, 0.05) is 0 Å². The molecule has 2 rings (SSSR count). The number of aryl methyl sites for hydroxylation is 1. The standard InChI is InChI=1S/C12H15NO3/c1-2-16-12(15)13-10-6-4-3-5-9(10)7-8-11(13)14/h3-6,11,14H,2,7-8H2,1H3. The fraction of sp³-hybridized carbons (Fsp3) is 0.417. The van der Waals surface area contributed by atoms with Crippen LogP contribution in [0.3, 0.4) is 0 Å². The van der Waals surface area contributed by atoms with Gasteiger partial charge in [-0.05, 0) is 31.4 Å². The molecule has 1 unspecified atom stereocenters. The van der Waals surface area contributed by atoms with Crippen LogP contribution in [0.5, 0.6) is 0 Å². The van der Waals surface area contributed by atoms with Crippen LogP contribution >= 0.6 is 0 Å². The summed E-state index contributed by atoms with van der Waals surface area (Å²) in [5, 5.41) is 9.84. The maximum atomic E-state index is 11.7. The summed E-state index contributed by atoms with van der Waals surface area (Å²) in [4.78, 5) is 13.0. The monoisotopic (exact) mass is 221 g/mol. The van der Waals surface area contributed by atoms with Crippen molar-refractivity contribution in [3.05, 3.63) is 29.8 Å². The van der Waals surface area contributed by atoms with E-state index in [4.69, 9.17) is 4.74 Å². The molecule has 1 aromatic carbocycles. The van der Waals surface area contributed by atoms with Gasteiger partial charge in [0.2, 0.25) is 0 Å². The maximum absolute atomic E-state index is 11.7. The lowest BCUT2D eigenvalue weighted by molar-refractivity contribution is 0.117. The number of aliphatic hydroxyl groups is 1. The molecule has 1 aliphatic rings. The first-order valence-corrected chi connectivity index (χ1v) is 5.46. The van der Waals surface area contributed by atoms with Gasteiger partial charge in [0.1, 0.15) is 6.23 Å². The summed E-state index contributed by atoms with van der Waals surface area (Å²) < 4.78 is 4.94. The number of fused-ring (bicyclic) bond motifs is 1. The van der Waals surface area contributed by atoms with Gasteiger partial charge >= 0.3 is 6.09 Å². The Bertz CT molecular complexity index is 392. The summed E-state index contributed by atoms with van der Waals surface area (Å²) in [5.41, 5.74) is 1.82. The summed E-state index contributed by atoms with van der Waals surface area (Å²) in [6.45, 7) is 2.06. The fourth-order valence-corrected chi connectivity index (χ4v) is 1.94. The van der Waals surface area contributed by atoms with Crippen molar-refractivity contribution < 1.29 is 14.6 Å². The van der Waals surface area contributed by atoms with Gasteiger partial charge in [-0.25, -0.2) is 4.79 Å². The molecule has 0 saturated carbocycles. The van der Waals surface area contributed by atoms with Crippen molar-refractivity contribution >= 4 is 11.8 Å². The number of amides is 1. The molecule has 1 aromatic rings. The Morgan fingerprint density at radius 3 is 3.06 bits per heavy atom. The van der Waals surface area contributed by atoms with Crippen LogP contribution in [0.1, 0.15) is 18.9 Å². The van der Waals surface area contributed by atoms with Crippen molar-refractivity contribution in [3.8, 4) is 0 Å². The maximum Gasteiger partial charge on any atom is 0.416 e. The first-order chi connectivity index (χ1) is 7.74. The number of anilines is 1. The molecule has 0 fully saturated rings. The Morgan fingerprint density at radius 1 is 1.56 bits per heavy atom. The van der Waals surface area contributed by atoms with Crippen molar-refractivity contribution in [3.63, 3.8) is 0 Å². The summed E-state index contributed by atoms with van der Waals surface area (Å²) in [6, 6.07) is 7.57. The predicted molar refractivity (Wildman–Crippen MR) is 60.3 cm³/mol. The topological polar surface area (TPSA) is 49.8 Å². The molecule has 0 spiro atoms. The van der Waals surface area contributed by atoms with E-state index in [1.165, 1.54) is 4.90 Å². The number of carbonyl (C=O) groups excluding carboxylic acids is 1. The third kappa shape index (κ3) is 1.88. The van der Waals surface area contributed by atoms with Gasteiger partial charge in [0.05, 0.1) is 12.3 Å². The number of aliphatic hydroxyl groups excluding tert-OH is 1. The molecule has 0 radical (unpaired) electrons. The molecule has 86 valence electrons. The molecular formula is C12H15NO3. The first kappa shape index (κ1) is 11.0. The number of ether oxygens (including phenoxy) is 1. The molecule has 4 heteroatoms. The molecule has 0 aromatic heterocycles. The van der Waals surface area contributed by atoms with E-state index in [9.17, 15) is 9.90 Å². The third-order valence-electron chi connectivity index (χ3n) is 2.69. The molecule has 1 atom stereocenters. The molecule has 0 aliphatic carbocycles. The lowest BCUT2D eigenvalue weighted by atomic mass is 10.0. The van der Waals surface area contributed by atoms with Gasteiger partial charge in [-0.15, -0.1) is 0 Å². The van der Waals surface area contributed by atoms with Crippen LogP contribution in [0.25, 0.3) is 0 Å². The predicted octanol–water partition coefficient (Wildman–Crippen LogP) is 1.91. The molecule has 0 bridgehead atoms. The van der Waals surface area contributed by atoms with Crippen LogP contribution in [0.2, 0.25) is 0 Å². The number of rotatable bonds is 1. The zero-order valence-corrected chi connectivity index (χ0v) is 9.22. The minimum atomic E-state index is -0.783. The molecule has 1 heterocycles. The lowest BCUT2D eigenvalue weighted by Gasteiger charge is -2.32. The van der Waals surface area contributed by atoms with E-state index >= 15 is 0 Å². The van der Waals surface area contributed by atoms with Gasteiger partial charge in [-0.1, -0.05) is 18.2 Å². The number of benzene rings is 1. The second-order valence-corrected chi connectivity index (χ2v) is 3.72. The summed E-state index contributed by atoms with van der Waals surface area (Å²) in [7, 11) is 0. The number of hydrogen-bond donors (Lipinski definition) is 1. The second-order valence-electron chi connectivity index (χ2n) is 3.72. The van der Waals surface area contributed by atoms with E-state index < -0.39 is 12.3 Å². The van der Waals surface area contributed by atoms with Crippen molar-refractivity contribution in [1.82, 2.24) is 0 Å². The Balaban J connectivity index is 2.33. The fourth-order valence-electron chi connectivity index (χ4n) is 1.94. The summed E-state index contributed by atoms with van der Waals surface area (Å²) in [5.74, 6) is 0. The lowest BCUT2D eigenvalue weighted by Crippen LogP contribution is -2.44. The molecule has 1 N–H and O–H groups in total. The number of hydrogen-bond acceptors (Lipinski definition) is 3. The highest BCUT2D eigenvalue weighted by atomic mass is 16.6. The average Bonchev–Trinajstić information content (AvgIpc) is 2.29. The normalized spacial score (nSPS) is 19.1. The molecule has 0 saturated heterocycles. The molecule has 4 nitrogen and oxygen atoms in total. The highest BCUT2D eigenvalue weighted by Crippen LogP contribution is 2.29. The van der Waals surface area contributed by atoms with Crippen molar-refractivity contribution in [2.24, 2.45) is 0 Å². The minimum absolute atomic E-state index is 0.310. The molecule has 16 heavy (non-hydrogen) atoms. The number of para-hydroxylation sites is 1. The van der Waals surface area contributed by atoms with Gasteiger partial charge in [0.15, 0.2) is 0 Å². The summed E-state index contributed by atoms with van der Waals surface area (Å²) in [6.07, 6.45) is 0.0689. The average molecular weight is 221 g/mol. The highest BCUT2D eigenvalue weighted by Gasteiger charge is 2.30. The van der Waals surface area contributed by atoms with Crippen molar-refractivity contribution in [2.75, 3.05) is 11.5 Å². The first-order valence-electron chi connectivity index (χ1n) is 5.46. The van der Waals surface area contributed by atoms with Crippen LogP contribution < -0.4 is 4.90 Å². The van der Waals surface area contributed by atoms with Crippen LogP contribution in [-0.2, 0) is 11.2 Å². The van der Waals surface area contributed by atoms with E-state index in [1.54, 1.807) is 6.92 Å². The van der Waals surface area contributed by atoms with Gasteiger partial charge < -0.3 is 9.84 Å². The van der Waals surface area contributed by atoms with E-state index in [0.29, 0.717) is 13.0 Å². The van der Waals surface area contributed by atoms with Gasteiger partial charge in [-0.3, -0.25) is 4.90 Å². The third-order valence-corrected chi connectivity index (χ3v) is 2.69. The van der Waals surface area contributed by atoms with E-state index in [1.807, 2.05) is 24.3 Å². The van der Waals surface area contributed by atoms with Crippen LogP contribution in [0.4, 0.5) is 10.5 Å². The van der Waals surface area contributed by atoms with Gasteiger partial charge in [0.25, 0.3) is 0 Å². The molecule has 1 amide bonds. The highest BCUT2D eigenvalue weighted by molar-refractivity contribution is 5.89. The van der Waals surface area contributed by atoms with Crippen LogP contribution in [0, 0.1) is 0 Å². The van der Waals surface area contributed by atoms with E-state index in [-0.39, 0.29) is 0 Å². The Hall–Kier alpha value is -1.55. The smallest absolute Gasteiger partial charge is 0.416 e. The zero-order chi connectivity index (χ0) is 11.5. The van der Waals surface area contributed by atoms with Crippen LogP contribution in [-0.4, -0.2) is 24.0 Å². The largest absolute Gasteiger partial charge is 0.449 e. The Morgan fingerprint density at radius 2 is 2.31 bits per heavy atom. The van der Waals surface area contributed by atoms with E-state index in [0.717, 1.165) is 17.7 Å². The zero-order valence-electron chi connectivity index (χ0n) is 9.22. The van der Waals surface area contributed by atoms with Crippen molar-refractivity contribution in [2.45, 2.75) is 26.0 Å². The van der Waals surface area contributed by atoms with Crippen molar-refractivity contribution in [1.29, 1.82) is 0 Å². The number of nitrogens with zero attached hydrogens (tertiary/aromatic N) is 1. The summed E-state index contributed by atoms with van der Waals surface area (Å²) >= 11 is 0. The van der Waals surface area contributed by atoms with Crippen LogP contribution in [0.15, 0.2) is 24.3 Å². The minimum Gasteiger partial charge on any atom is -0.449 e. The molecular weight excluding hydrogens is 206 g/mol. The van der Waals surface area contributed by atoms with Gasteiger partial charge in [-0.2, -0.15) is 0 Å². The Labute approximate surface area is 94.4 Å². The Kier molecular flexibility index (Phi) is 3.10. The quantitative estimate of drug-likeness (QED) is 0.788. The second kappa shape index (κ2) is 4.53. The molecule has 1 aliphatic heterocycles. The number of carbonyl (C=O) groups is 1.